The summed E-state index contributed by atoms with van der Waals surface area (Å²) in [6.45, 7) is 14.9. The number of likely N-dealkylation sites (tertiary alicyclic amines) is 2. The van der Waals surface area contributed by atoms with Gasteiger partial charge in [0.25, 0.3) is 0 Å². The van der Waals surface area contributed by atoms with Gasteiger partial charge in [0.2, 0.25) is 47.3 Å². The molecule has 4 aliphatic carbocycles. The molecule has 6 fully saturated rings. The predicted octanol–water partition coefficient (Wildman–Crippen LogP) is 4.69. The normalized spacial score (nSPS) is 31.5. The molecule has 4 saturated carbocycles. The van der Waals surface area contributed by atoms with Crippen molar-refractivity contribution in [2.24, 2.45) is 63.9 Å². The lowest BCUT2D eigenvalue weighted by Crippen LogP contribution is -2.60. The van der Waals surface area contributed by atoms with Crippen LogP contribution in [0.3, 0.4) is 0 Å². The third-order valence-corrected chi connectivity index (χ3v) is 23.7. The second-order valence-corrected chi connectivity index (χ2v) is 34.6. The molecule has 11 rings (SSSR count). The van der Waals surface area contributed by atoms with Gasteiger partial charge >= 0.3 is 24.3 Å². The zero-order valence-electron chi connectivity index (χ0n) is 65.9. The standard InChI is InChI=1S/C75H120F6N16O14/c1-40-12-18-46(54(24-40)74(76,77)78)30-84-42(3)64(100)90-62(72(5,6)7)68(104)94-36-50-28-58(94)66(102)86-32-60(98)89-57(71(108)109)27-45-16-22-53(23-17-45)111-39-49-35-97(93-92-49)51-29-59(67(103)87-33-61(99)88-56(70(106)107)26-44-14-20-52(21-15-44)110-38-48(82)34-96(50)83-11)95(37-51)69(105)63(73(8,9)10)91-65(101)43(4)85-31-47-19-13-41(2)25-55(47)75(79,80)81/h34-35,40-47,50-59,62-63,83-85H,12-33,36-39,82H2,1-11H3,(H,86,102)(H,87,103)(H,88,99)(H,89,98)(H,90,100)(H,91,101)(H,106,107)(H,108,109)/b48-34+/t40?,41?,42-,43-,44?,45?,46?,47?,50-,51-,52?,53?,54?,55?,56-,57-,58-,59-,62+,63+/m0/s1. The highest BCUT2D eigenvalue weighted by Gasteiger charge is 2.52. The van der Waals surface area contributed by atoms with E-state index in [0.717, 1.165) is 0 Å². The molecule has 13 N–H and O–H groups in total. The molecule has 1 aromatic rings. The summed E-state index contributed by atoms with van der Waals surface area (Å²) in [5, 5.41) is 53.0. The Morgan fingerprint density at radius 3 is 1.39 bits per heavy atom. The zero-order valence-corrected chi connectivity index (χ0v) is 65.9. The van der Waals surface area contributed by atoms with E-state index in [2.05, 4.69) is 58.3 Å². The third-order valence-electron chi connectivity index (χ3n) is 23.7. The molecule has 0 spiro atoms. The topological polar surface area (TPSA) is 404 Å². The smallest absolute Gasteiger partial charge is 0.392 e. The van der Waals surface area contributed by atoms with Crippen LogP contribution in [-0.2, 0) is 64.0 Å². The van der Waals surface area contributed by atoms with Crippen molar-refractivity contribution in [2.75, 3.05) is 52.9 Å². The summed E-state index contributed by atoms with van der Waals surface area (Å²) < 4.78 is 99.2. The van der Waals surface area contributed by atoms with Gasteiger partial charge in [0.05, 0.1) is 86.4 Å². The van der Waals surface area contributed by atoms with Gasteiger partial charge in [0.1, 0.15) is 41.9 Å². The van der Waals surface area contributed by atoms with Crippen molar-refractivity contribution in [2.45, 2.75) is 276 Å². The minimum Gasteiger partial charge on any atom is -0.480 e. The molecular weight excluding hydrogens is 1460 g/mol. The number of carboxylic acid groups (broad SMARTS) is 2. The molecular formula is C75H120F6N16O14. The largest absolute Gasteiger partial charge is 0.480 e. The Morgan fingerprint density at radius 2 is 0.991 bits per heavy atom. The Hall–Kier alpha value is -7.44. The van der Waals surface area contributed by atoms with Gasteiger partial charge in [0, 0.05) is 39.2 Å². The van der Waals surface area contributed by atoms with E-state index in [1.54, 1.807) is 79.8 Å². The molecule has 6 unspecified atom stereocenters. The van der Waals surface area contributed by atoms with Crippen molar-refractivity contribution < 1.29 is 94.0 Å². The van der Waals surface area contributed by atoms with Crippen molar-refractivity contribution in [3.05, 3.63) is 23.8 Å². The van der Waals surface area contributed by atoms with Crippen LogP contribution in [0.2, 0.25) is 0 Å². The zero-order chi connectivity index (χ0) is 81.8. The van der Waals surface area contributed by atoms with E-state index in [9.17, 15) is 74.9 Å². The molecule has 0 radical (unpaired) electrons. The minimum atomic E-state index is -4.42. The van der Waals surface area contributed by atoms with Crippen molar-refractivity contribution in [3.8, 4) is 0 Å². The van der Waals surface area contributed by atoms with Gasteiger partial charge in [-0.3, -0.25) is 38.4 Å². The number of alkyl halides is 6. The number of hydrogen-bond donors (Lipinski definition) is 12. The lowest BCUT2D eigenvalue weighted by atomic mass is 9.74. The number of halogens is 6. The van der Waals surface area contributed by atoms with E-state index < -0.39 is 180 Å². The number of nitrogens with zero attached hydrogens (tertiary/aromatic N) is 6. The summed E-state index contributed by atoms with van der Waals surface area (Å²) in [6.07, 6.45) is -0.568. The highest BCUT2D eigenvalue weighted by atomic mass is 19.4. The maximum absolute atomic E-state index is 15.1. The molecule has 1 aromatic heterocycles. The highest BCUT2D eigenvalue weighted by molar-refractivity contribution is 5.97. The van der Waals surface area contributed by atoms with E-state index in [1.807, 2.05) is 0 Å². The molecule has 36 heteroatoms. The Bertz CT molecular complexity index is 3410. The van der Waals surface area contributed by atoms with Crippen LogP contribution >= 0.6 is 0 Å². The lowest BCUT2D eigenvalue weighted by molar-refractivity contribution is -0.200. The Labute approximate surface area is 645 Å². The van der Waals surface area contributed by atoms with Crippen molar-refractivity contribution >= 4 is 59.2 Å². The van der Waals surface area contributed by atoms with E-state index in [4.69, 9.17) is 15.2 Å². The molecule has 2 saturated heterocycles. The van der Waals surface area contributed by atoms with Crippen LogP contribution in [0.4, 0.5) is 26.3 Å². The maximum atomic E-state index is 15.1. The maximum Gasteiger partial charge on any atom is 0.392 e. The molecule has 10 bridgehead atoms. The number of nitrogens with one attached hydrogen (secondary N) is 9. The number of aliphatic carboxylic acids is 2. The average Bonchev–Trinajstić information content (AvgIpc) is 1.66. The highest BCUT2D eigenvalue weighted by Crippen LogP contribution is 2.45. The predicted molar refractivity (Wildman–Crippen MR) is 393 cm³/mol. The summed E-state index contributed by atoms with van der Waals surface area (Å²) in [5.74, 6) is -13.7. The molecule has 10 aliphatic rings. The number of ether oxygens (including phenoxy) is 2. The first-order chi connectivity index (χ1) is 52.0. The van der Waals surface area contributed by atoms with E-state index in [1.165, 1.54) is 28.3 Å². The van der Waals surface area contributed by atoms with Crippen LogP contribution in [0.25, 0.3) is 0 Å². The lowest BCUT2D eigenvalue weighted by Gasteiger charge is -2.37. The monoisotopic (exact) mass is 1580 g/mol. The fourth-order valence-electron chi connectivity index (χ4n) is 17.0. The average molecular weight is 1580 g/mol. The number of carbonyl (C=O) groups is 10. The molecule has 30 nitrogen and oxygen atoms in total. The third kappa shape index (κ3) is 25.0. The number of amides is 8. The minimum absolute atomic E-state index is 0.0194. The van der Waals surface area contributed by atoms with Crippen LogP contribution < -0.4 is 53.7 Å². The number of hydrogen-bond acceptors (Lipinski definition) is 19. The SMILES string of the molecule is CNN1/C=C(/N)COC2CCC(CC2)C[C@@H](C(=O)O)NC(=O)CNC(=O)[C@@H]2C[C@@H](CN2C(=O)[C@@H](NC(=O)[C@H](C)NCC2CCC(C)CC2C(F)(F)F)C(C)(C)C)n2cc(nn2)COC2CCC(CC2)C[C@@H](C(=O)O)NC(=O)CNC(=O)[C@@H]2C[C@H]1CN2C(=O)[C@@H](NC(=O)[C@H](C)NCC1CCC(C)CC1C(F)(F)F)C(C)(C)C. The summed E-state index contributed by atoms with van der Waals surface area (Å²) >= 11 is 0. The number of carbonyl (C=O) groups excluding carboxylic acids is 8. The molecule has 111 heavy (non-hydrogen) atoms. The van der Waals surface area contributed by atoms with Gasteiger partial charge in [0.15, 0.2) is 0 Å². The van der Waals surface area contributed by atoms with Crippen LogP contribution in [-0.4, -0.2) is 231 Å². The number of carboxylic acids is 2. The van der Waals surface area contributed by atoms with Gasteiger partial charge in [-0.2, -0.15) is 26.3 Å². The number of rotatable bonds is 15. The number of aromatic nitrogens is 3. The van der Waals surface area contributed by atoms with Crippen LogP contribution in [0.15, 0.2) is 18.1 Å². The van der Waals surface area contributed by atoms with Crippen molar-refractivity contribution in [1.82, 2.24) is 77.8 Å². The molecule has 7 heterocycles. The van der Waals surface area contributed by atoms with E-state index in [0.29, 0.717) is 82.7 Å². The second kappa shape index (κ2) is 38.6. The summed E-state index contributed by atoms with van der Waals surface area (Å²) in [7, 11) is 1.59. The number of hydrazine groups is 1. The first-order valence-corrected chi connectivity index (χ1v) is 39.4. The van der Waals surface area contributed by atoms with Gasteiger partial charge in [-0.15, -0.1) is 5.10 Å². The molecule has 8 amide bonds. The van der Waals surface area contributed by atoms with Gasteiger partial charge in [-0.1, -0.05) is 73.4 Å². The Morgan fingerprint density at radius 1 is 0.586 bits per heavy atom. The van der Waals surface area contributed by atoms with E-state index in [-0.39, 0.29) is 119 Å². The molecule has 6 aliphatic heterocycles. The van der Waals surface area contributed by atoms with Gasteiger partial charge in [-0.25, -0.2) is 19.7 Å². The summed E-state index contributed by atoms with van der Waals surface area (Å²) in [4.78, 5) is 143. The molecule has 626 valence electrons. The van der Waals surface area contributed by atoms with Crippen molar-refractivity contribution in [1.29, 1.82) is 0 Å². The first-order valence-electron chi connectivity index (χ1n) is 39.4. The quantitative estimate of drug-likeness (QED) is 0.106. The second-order valence-electron chi connectivity index (χ2n) is 34.6. The van der Waals surface area contributed by atoms with Crippen LogP contribution in [0.1, 0.15) is 197 Å². The van der Waals surface area contributed by atoms with Crippen LogP contribution in [0.5, 0.6) is 0 Å². The van der Waals surface area contributed by atoms with E-state index >= 15 is 9.59 Å². The molecule has 16 atom stereocenters. The van der Waals surface area contributed by atoms with Crippen molar-refractivity contribution in [3.63, 3.8) is 0 Å². The van der Waals surface area contributed by atoms with Crippen LogP contribution in [0, 0.1) is 58.2 Å². The fourth-order valence-corrected chi connectivity index (χ4v) is 17.0. The van der Waals surface area contributed by atoms with Gasteiger partial charge in [-0.05, 0) is 163 Å². The Kier molecular flexibility index (Phi) is 31.0. The Balaban J connectivity index is 0.972. The number of nitrogens with two attached hydrogens (primary N) is 1. The van der Waals surface area contributed by atoms with Gasteiger partial charge < -0.3 is 82.8 Å². The summed E-state index contributed by atoms with van der Waals surface area (Å²) in [5.41, 5.74) is 8.28. The first kappa shape index (κ1) is 89.1. The summed E-state index contributed by atoms with van der Waals surface area (Å²) in [6, 6.07) is -11.3. The molecule has 0 aromatic carbocycles. The fraction of sp³-hybridized carbons (Fsp3) is 0.813.